The largest absolute Gasteiger partial charge is 0.501 e. The monoisotopic (exact) mass is 532 g/mol. The van der Waals surface area contributed by atoms with Crippen LogP contribution in [0.3, 0.4) is 0 Å². The fraction of sp³-hybridized carbons (Fsp3) is 0.407. The first-order chi connectivity index (χ1) is 17.9. The van der Waals surface area contributed by atoms with Gasteiger partial charge in [0.1, 0.15) is 5.75 Å². The molecule has 0 bridgehead atoms. The van der Waals surface area contributed by atoms with E-state index in [0.29, 0.717) is 61.5 Å². The summed E-state index contributed by atoms with van der Waals surface area (Å²) >= 11 is 0. The van der Waals surface area contributed by atoms with Gasteiger partial charge in [0.05, 0.1) is 26.4 Å². The Labute approximate surface area is 219 Å². The van der Waals surface area contributed by atoms with Crippen molar-refractivity contribution < 1.29 is 41.8 Å². The van der Waals surface area contributed by atoms with E-state index in [4.69, 9.17) is 27.5 Å². The average molecular weight is 533 g/mol. The standard InChI is InChI=1S/C27H36O9Si/c1-6-33-37(34-7-2,35-8-3)19-9-18-32-23-14-12-22(13-15-23)27(29)36-24-16-10-21(20-25(24)30-4)11-17-26(28)31-5/h10-17,20H,6-9,18-19H2,1-5H3/b17-11+. The molecule has 0 aliphatic carbocycles. The van der Waals surface area contributed by atoms with E-state index in [9.17, 15) is 9.59 Å². The van der Waals surface area contributed by atoms with E-state index in [1.54, 1.807) is 48.5 Å². The van der Waals surface area contributed by atoms with Crippen LogP contribution in [-0.4, -0.2) is 61.4 Å². The van der Waals surface area contributed by atoms with E-state index < -0.39 is 20.7 Å². The van der Waals surface area contributed by atoms with Gasteiger partial charge in [0.25, 0.3) is 0 Å². The predicted octanol–water partition coefficient (Wildman–Crippen LogP) is 4.92. The van der Waals surface area contributed by atoms with Crippen molar-refractivity contribution in [2.24, 2.45) is 0 Å². The molecule has 0 fully saturated rings. The number of benzene rings is 2. The lowest BCUT2D eigenvalue weighted by Gasteiger charge is -2.28. The molecule has 37 heavy (non-hydrogen) atoms. The Balaban J connectivity index is 1.94. The molecule has 0 saturated heterocycles. The van der Waals surface area contributed by atoms with Crippen molar-refractivity contribution in [3.8, 4) is 17.2 Å². The first-order valence-corrected chi connectivity index (χ1v) is 14.1. The van der Waals surface area contributed by atoms with Crippen LogP contribution in [-0.2, 0) is 22.8 Å². The molecule has 2 aromatic rings. The molecule has 0 amide bonds. The fourth-order valence-corrected chi connectivity index (χ4v) is 6.01. The second-order valence-electron chi connectivity index (χ2n) is 7.61. The highest BCUT2D eigenvalue weighted by atomic mass is 28.4. The maximum Gasteiger partial charge on any atom is 0.501 e. The number of methoxy groups -OCH3 is 2. The van der Waals surface area contributed by atoms with Crippen molar-refractivity contribution in [1.29, 1.82) is 0 Å². The van der Waals surface area contributed by atoms with Crippen LogP contribution in [0.2, 0.25) is 6.04 Å². The van der Waals surface area contributed by atoms with Crippen molar-refractivity contribution in [2.45, 2.75) is 33.2 Å². The van der Waals surface area contributed by atoms with Crippen LogP contribution in [0.15, 0.2) is 48.5 Å². The Hall–Kier alpha value is -3.18. The van der Waals surface area contributed by atoms with Gasteiger partial charge in [-0.15, -0.1) is 0 Å². The highest BCUT2D eigenvalue weighted by molar-refractivity contribution is 6.60. The second kappa shape index (κ2) is 15.8. The number of esters is 2. The Morgan fingerprint density at radius 1 is 0.865 bits per heavy atom. The van der Waals surface area contributed by atoms with Crippen LogP contribution in [0.5, 0.6) is 17.2 Å². The van der Waals surface area contributed by atoms with Gasteiger partial charge in [-0.1, -0.05) is 6.07 Å². The Bertz CT molecular complexity index is 1000. The molecule has 0 atom stereocenters. The van der Waals surface area contributed by atoms with Crippen LogP contribution in [0.1, 0.15) is 43.1 Å². The normalized spacial score (nSPS) is 11.4. The third-order valence-electron chi connectivity index (χ3n) is 5.08. The summed E-state index contributed by atoms with van der Waals surface area (Å²) in [6.07, 6.45) is 3.57. The number of carbonyl (C=O) groups is 2. The van der Waals surface area contributed by atoms with E-state index in [2.05, 4.69) is 4.74 Å². The number of hydrogen-bond donors (Lipinski definition) is 0. The zero-order valence-electron chi connectivity index (χ0n) is 22.1. The lowest BCUT2D eigenvalue weighted by Crippen LogP contribution is -2.46. The van der Waals surface area contributed by atoms with E-state index in [1.807, 2.05) is 20.8 Å². The van der Waals surface area contributed by atoms with Crippen molar-refractivity contribution in [2.75, 3.05) is 40.6 Å². The lowest BCUT2D eigenvalue weighted by molar-refractivity contribution is -0.134. The highest BCUT2D eigenvalue weighted by Crippen LogP contribution is 2.29. The topological polar surface area (TPSA) is 98.8 Å². The molecule has 0 heterocycles. The summed E-state index contributed by atoms with van der Waals surface area (Å²) in [5.41, 5.74) is 1.05. The number of hydrogen-bond acceptors (Lipinski definition) is 9. The minimum Gasteiger partial charge on any atom is -0.494 e. The molecule has 0 aliphatic rings. The minimum absolute atomic E-state index is 0.258. The van der Waals surface area contributed by atoms with Gasteiger partial charge in [0.15, 0.2) is 11.5 Å². The highest BCUT2D eigenvalue weighted by Gasteiger charge is 2.39. The Morgan fingerprint density at radius 2 is 1.51 bits per heavy atom. The zero-order chi connectivity index (χ0) is 27.1. The maximum absolute atomic E-state index is 12.7. The van der Waals surface area contributed by atoms with E-state index in [-0.39, 0.29) is 5.75 Å². The van der Waals surface area contributed by atoms with E-state index in [0.717, 1.165) is 0 Å². The molecule has 0 unspecified atom stereocenters. The van der Waals surface area contributed by atoms with Gasteiger partial charge >= 0.3 is 20.7 Å². The molecule has 0 radical (unpaired) electrons. The first-order valence-electron chi connectivity index (χ1n) is 12.2. The summed E-state index contributed by atoms with van der Waals surface area (Å²) in [5.74, 6) is 0.231. The molecule has 0 aromatic heterocycles. The molecule has 0 N–H and O–H groups in total. The molecule has 2 rings (SSSR count). The van der Waals surface area contributed by atoms with Gasteiger partial charge in [-0.2, -0.15) is 0 Å². The quantitative estimate of drug-likeness (QED) is 0.0981. The Morgan fingerprint density at radius 3 is 2.08 bits per heavy atom. The third kappa shape index (κ3) is 9.65. The molecule has 2 aromatic carbocycles. The van der Waals surface area contributed by atoms with Gasteiger partial charge in [-0.3, -0.25) is 0 Å². The van der Waals surface area contributed by atoms with Crippen LogP contribution >= 0.6 is 0 Å². The molecule has 10 heteroatoms. The summed E-state index contributed by atoms with van der Waals surface area (Å²) in [6.45, 7) is 7.85. The second-order valence-corrected chi connectivity index (χ2v) is 10.3. The smallest absolute Gasteiger partial charge is 0.494 e. The lowest BCUT2D eigenvalue weighted by atomic mass is 10.2. The third-order valence-corrected chi connectivity index (χ3v) is 8.23. The fourth-order valence-electron chi connectivity index (χ4n) is 3.43. The molecule has 0 spiro atoms. The van der Waals surface area contributed by atoms with Gasteiger partial charge < -0.3 is 32.2 Å². The van der Waals surface area contributed by atoms with Crippen LogP contribution in [0.25, 0.3) is 6.08 Å². The molecule has 0 saturated carbocycles. The van der Waals surface area contributed by atoms with E-state index in [1.165, 1.54) is 20.3 Å². The van der Waals surface area contributed by atoms with Crippen LogP contribution in [0.4, 0.5) is 0 Å². The van der Waals surface area contributed by atoms with E-state index >= 15 is 0 Å². The summed E-state index contributed by atoms with van der Waals surface area (Å²) in [4.78, 5) is 23.9. The SMILES string of the molecule is CCO[Si](CCCOc1ccc(C(=O)Oc2ccc(/C=C/C(=O)OC)cc2OC)cc1)(OCC)OCC. The maximum atomic E-state index is 12.7. The van der Waals surface area contributed by atoms with Crippen LogP contribution < -0.4 is 14.2 Å². The summed E-state index contributed by atoms with van der Waals surface area (Å²) < 4.78 is 38.8. The summed E-state index contributed by atoms with van der Waals surface area (Å²) in [7, 11) is 0.0762. The number of rotatable bonds is 16. The van der Waals surface area contributed by atoms with Crippen LogP contribution in [0, 0.1) is 0 Å². The van der Waals surface area contributed by atoms with Crippen molar-refractivity contribution in [3.05, 3.63) is 59.7 Å². The summed E-state index contributed by atoms with van der Waals surface area (Å²) in [5, 5.41) is 0. The van der Waals surface area contributed by atoms with Gasteiger partial charge in [0.2, 0.25) is 0 Å². The zero-order valence-corrected chi connectivity index (χ0v) is 23.1. The van der Waals surface area contributed by atoms with Crippen molar-refractivity contribution >= 4 is 26.8 Å². The molecule has 202 valence electrons. The number of carbonyl (C=O) groups excluding carboxylic acids is 2. The number of ether oxygens (including phenoxy) is 4. The van der Waals surface area contributed by atoms with Gasteiger partial charge in [-0.05, 0) is 75.2 Å². The molecule has 9 nitrogen and oxygen atoms in total. The van der Waals surface area contributed by atoms with Gasteiger partial charge in [0, 0.05) is 31.9 Å². The Kier molecular flexibility index (Phi) is 12.9. The first kappa shape index (κ1) is 30.0. The minimum atomic E-state index is -2.69. The van der Waals surface area contributed by atoms with Gasteiger partial charge in [-0.25, -0.2) is 9.59 Å². The van der Waals surface area contributed by atoms with Crippen molar-refractivity contribution in [3.63, 3.8) is 0 Å². The molecule has 0 aliphatic heterocycles. The molecular weight excluding hydrogens is 496 g/mol. The summed E-state index contributed by atoms with van der Waals surface area (Å²) in [6, 6.07) is 12.3. The predicted molar refractivity (Wildman–Crippen MR) is 141 cm³/mol. The molecular formula is C27H36O9Si. The average Bonchev–Trinajstić information content (AvgIpc) is 2.91. The van der Waals surface area contributed by atoms with Crippen molar-refractivity contribution in [1.82, 2.24) is 0 Å².